The Morgan fingerprint density at radius 1 is 0.304 bits per heavy atom. The number of carboxylic acids is 1. The highest BCUT2D eigenvalue weighted by Crippen LogP contribution is 2.43. The van der Waals surface area contributed by atoms with Gasteiger partial charge in [-0.25, -0.2) is 4.79 Å². The van der Waals surface area contributed by atoms with Gasteiger partial charge in [0.15, 0.2) is 56.6 Å². The van der Waals surface area contributed by atoms with Crippen molar-refractivity contribution in [3.05, 3.63) is 0 Å². The highest BCUT2D eigenvalue weighted by molar-refractivity contribution is 5.77. The Bertz CT molecular complexity index is 3820. The second-order valence-corrected chi connectivity index (χ2v) is 33.9. The smallest absolute Gasteiger partial charge is 0.364 e. The molecule has 0 unspecified atom stereocenters. The number of aliphatic hydroxyl groups excluding tert-OH is 27. The van der Waals surface area contributed by atoms with Crippen LogP contribution in [0.3, 0.4) is 0 Å². The van der Waals surface area contributed by atoms with Crippen LogP contribution in [0.5, 0.6) is 0 Å². The zero-order valence-corrected chi connectivity index (χ0v) is 72.8. The van der Waals surface area contributed by atoms with E-state index in [4.69, 9.17) is 90.0 Å². The molecule has 51 atom stereocenters. The molecular formula is C75H124N6O54. The average molecular weight is 1970 g/mol. The first-order valence-electron chi connectivity index (χ1n) is 42.8. The molecule has 778 valence electrons. The topological polar surface area (TPSA) is 933 Å². The van der Waals surface area contributed by atoms with Gasteiger partial charge in [0.25, 0.3) is 5.79 Å². The number of amides is 6. The number of ether oxygens (including phenoxy) is 19. The number of carbonyl (C=O) groups is 7. The van der Waals surface area contributed by atoms with E-state index in [0.29, 0.717) is 0 Å². The number of hydrogen-bond donors (Lipinski definition) is 34. The predicted octanol–water partition coefficient (Wildman–Crippen LogP) is -22.7. The Hall–Kier alpha value is -5.55. The molecule has 10 saturated heterocycles. The third-order valence-electron chi connectivity index (χ3n) is 24.3. The summed E-state index contributed by atoms with van der Waals surface area (Å²) in [6.45, 7) is -6.68. The molecular weight excluding hydrogens is 1850 g/mol. The van der Waals surface area contributed by atoms with Crippen LogP contribution in [-0.4, -0.2) is 563 Å². The lowest BCUT2D eigenvalue weighted by Crippen LogP contribution is -2.72. The van der Waals surface area contributed by atoms with Gasteiger partial charge in [0.1, 0.15) is 238 Å². The Kier molecular flexibility index (Phi) is 40.0. The first kappa shape index (κ1) is 111. The van der Waals surface area contributed by atoms with Gasteiger partial charge in [-0.3, -0.25) is 28.8 Å². The molecule has 10 fully saturated rings. The Balaban J connectivity index is 1.03. The van der Waals surface area contributed by atoms with Gasteiger partial charge in [0.2, 0.25) is 35.4 Å². The quantitative estimate of drug-likeness (QED) is 0.0275. The molecule has 60 nitrogen and oxygen atoms in total. The molecule has 0 bridgehead atoms. The maximum Gasteiger partial charge on any atom is 0.364 e. The summed E-state index contributed by atoms with van der Waals surface area (Å²) in [4.78, 5) is 90.3. The Morgan fingerprint density at radius 2 is 0.615 bits per heavy atom. The van der Waals surface area contributed by atoms with Crippen LogP contribution >= 0.6 is 0 Å². The van der Waals surface area contributed by atoms with E-state index in [-0.39, 0.29) is 0 Å². The summed E-state index contributed by atoms with van der Waals surface area (Å²) in [6, 6.07) is -11.5. The van der Waals surface area contributed by atoms with Crippen LogP contribution in [0.15, 0.2) is 0 Å². The highest BCUT2D eigenvalue weighted by Gasteiger charge is 2.65. The lowest BCUT2D eigenvalue weighted by atomic mass is 9.88. The zero-order chi connectivity index (χ0) is 99.9. The molecule has 10 heterocycles. The van der Waals surface area contributed by atoms with E-state index < -0.39 is 426 Å². The summed E-state index contributed by atoms with van der Waals surface area (Å²) in [5, 5.41) is 331. The van der Waals surface area contributed by atoms with Gasteiger partial charge < -0.3 is 265 Å². The van der Waals surface area contributed by atoms with Gasteiger partial charge in [-0.2, -0.15) is 0 Å². The standard InChI is InChI=1S/C75H124N6O54/c1-18(91)76-35-24(97)7-75(74(115)116,134-60(35)41(99)25(98)8-82)135-62-46(104)30(13-87)122-71(55(62)113)130-59-40(81-23(6)96)69(121-29(12-86)45(59)103)128-58-33(16-90)125-73(64(53(58)111)133-67-38(79-21(4)94)49(107)43(101)27(10-84)120-67)131-61-47(105)34(17-117-72-63(52(110)44(102)28(11-85)123-72)132-66-37(78-20(3)93)48(106)42(100)26(9-83)119-66)126-70(54(61)112)129-57-32(15-89)124-68(39(51(57)109)80-22(5)95)127-56-31(14-88)118-65(114)36(50(56)108)77-19(2)92/h24-73,82-90,97-114H,7-17H2,1-6H3,(H,76,91)(H,77,92)(H,78,93)(H,79,94)(H,80,95)(H,81,96)(H,115,116)/t24-,25+,26+,27+,28+,29+,30+,31+,32+,33+,34+,35+,36+,37+,38+,39+,40+,41+,42+,43+,44+,45+,46-,47+,48+,49+,50+,51+,52-,53-,54-,55+,56+,57+,58+,59+,60+,61-,62-,63-,64-,65+,66-,67-,68-,69-,70-,71-,72-,73+,75-/m0/s1. The normalized spacial score (nSPS) is 46.4. The highest BCUT2D eigenvalue weighted by atomic mass is 16.8. The zero-order valence-electron chi connectivity index (χ0n) is 72.8. The van der Waals surface area contributed by atoms with E-state index in [1.165, 1.54) is 0 Å². The molecule has 10 rings (SSSR count). The van der Waals surface area contributed by atoms with Crippen molar-refractivity contribution in [2.24, 2.45) is 0 Å². The lowest BCUT2D eigenvalue weighted by molar-refractivity contribution is -0.405. The van der Waals surface area contributed by atoms with Crippen molar-refractivity contribution >= 4 is 41.4 Å². The minimum absolute atomic E-state index is 0.822. The second-order valence-electron chi connectivity index (χ2n) is 33.9. The van der Waals surface area contributed by atoms with Gasteiger partial charge in [0, 0.05) is 48.0 Å². The largest absolute Gasteiger partial charge is 0.477 e. The van der Waals surface area contributed by atoms with E-state index in [1.807, 2.05) is 0 Å². The summed E-state index contributed by atoms with van der Waals surface area (Å²) in [5.74, 6) is -11.3. The van der Waals surface area contributed by atoms with Crippen molar-refractivity contribution in [1.82, 2.24) is 31.9 Å². The van der Waals surface area contributed by atoms with Crippen LogP contribution in [-0.2, 0) is 124 Å². The fourth-order valence-electron chi connectivity index (χ4n) is 17.4. The molecule has 0 radical (unpaired) electrons. The molecule has 0 aromatic heterocycles. The van der Waals surface area contributed by atoms with Gasteiger partial charge >= 0.3 is 5.97 Å². The number of aliphatic carboxylic acids is 1. The van der Waals surface area contributed by atoms with E-state index in [1.54, 1.807) is 0 Å². The third-order valence-corrected chi connectivity index (χ3v) is 24.3. The molecule has 60 heteroatoms. The fraction of sp³-hybridized carbons (Fsp3) is 0.907. The number of rotatable bonds is 37. The summed E-state index contributed by atoms with van der Waals surface area (Å²) in [5.41, 5.74) is 0. The van der Waals surface area contributed by atoms with E-state index >= 15 is 0 Å². The molecule has 0 aromatic rings. The average Bonchev–Trinajstić information content (AvgIpc) is 0.752. The van der Waals surface area contributed by atoms with Crippen molar-refractivity contribution in [3.8, 4) is 0 Å². The van der Waals surface area contributed by atoms with E-state index in [0.717, 1.165) is 41.5 Å². The minimum atomic E-state index is -3.38. The van der Waals surface area contributed by atoms with Crippen molar-refractivity contribution < 1.29 is 267 Å². The minimum Gasteiger partial charge on any atom is -0.477 e. The van der Waals surface area contributed by atoms with Crippen LogP contribution in [0.2, 0.25) is 0 Å². The Labute approximate surface area is 764 Å². The van der Waals surface area contributed by atoms with Gasteiger partial charge in [-0.1, -0.05) is 0 Å². The van der Waals surface area contributed by atoms with Crippen LogP contribution < -0.4 is 31.9 Å². The SMILES string of the molecule is CC(=O)N[C@@H]1[C@@H](O)[C@H](O[C@@H]2O[C@H](CO)[C@@H](O[C@@H]3O[C@H](CO[C@H]4O[C@H](CO)[C@@H](O)[C@H](O)[C@@H]4O[C@@H]4O[C@H](CO)[C@@H](O)[C@H](O)[C@H]4NC(C)=O)[C@@H](O)[C@H](O[C@H]4O[C@H](CO)[C@@H](O[C@@H]5O[C@H](CO)[C@@H](O)[C@H](O[C@@H]6O[C@H](CO)[C@H](O)[C@H](O[C@]7(C(=O)O)C[C@H](O)[C@@H](NC(C)=O)[C@H]([C@H](O)[C@H](O)CO)O7)[C@H]6O)[C@H]5NC(C)=O)[C@H](O)[C@@H]4O[C@@H]4O[C@H](CO)[C@@H](O)[C@H](O)[C@H]4NC(C)=O)[C@@H]3O)[C@H](O)[C@H]2NC(C)=O)[C@@H](CO)O[C@H]1O. The summed E-state index contributed by atoms with van der Waals surface area (Å²) >= 11 is 0. The number of carbonyl (C=O) groups excluding carboxylic acids is 6. The number of aliphatic hydroxyl groups is 27. The second kappa shape index (κ2) is 48.5. The maximum atomic E-state index is 13.6. The van der Waals surface area contributed by atoms with E-state index in [2.05, 4.69) is 31.9 Å². The van der Waals surface area contributed by atoms with Gasteiger partial charge in [-0.15, -0.1) is 0 Å². The van der Waals surface area contributed by atoms with Crippen molar-refractivity contribution in [2.45, 2.75) is 360 Å². The predicted molar refractivity (Wildman–Crippen MR) is 416 cm³/mol. The number of nitrogens with one attached hydrogen (secondary N) is 6. The van der Waals surface area contributed by atoms with Crippen molar-refractivity contribution in [1.29, 1.82) is 0 Å². The number of carboxylic acid groups (broad SMARTS) is 1. The van der Waals surface area contributed by atoms with Crippen molar-refractivity contribution in [3.63, 3.8) is 0 Å². The van der Waals surface area contributed by atoms with Crippen LogP contribution in [0.4, 0.5) is 0 Å². The lowest BCUT2D eigenvalue weighted by Gasteiger charge is -2.52. The maximum absolute atomic E-state index is 13.6. The Morgan fingerprint density at radius 3 is 1.07 bits per heavy atom. The monoisotopic (exact) mass is 1970 g/mol. The van der Waals surface area contributed by atoms with Crippen LogP contribution in [0.25, 0.3) is 0 Å². The molecule has 6 amide bonds. The molecule has 0 spiro atoms. The molecule has 0 aliphatic carbocycles. The van der Waals surface area contributed by atoms with Gasteiger partial charge in [-0.05, 0) is 0 Å². The van der Waals surface area contributed by atoms with Crippen LogP contribution in [0.1, 0.15) is 48.0 Å². The van der Waals surface area contributed by atoms with Gasteiger partial charge in [0.05, 0.1) is 78.2 Å². The van der Waals surface area contributed by atoms with Crippen molar-refractivity contribution in [2.75, 3.05) is 66.1 Å². The molecule has 0 aromatic carbocycles. The first-order valence-corrected chi connectivity index (χ1v) is 42.8. The van der Waals surface area contributed by atoms with E-state index in [9.17, 15) is 177 Å². The fourth-order valence-corrected chi connectivity index (χ4v) is 17.4. The van der Waals surface area contributed by atoms with Crippen LogP contribution in [0, 0.1) is 0 Å². The third kappa shape index (κ3) is 25.0. The summed E-state index contributed by atoms with van der Waals surface area (Å²) < 4.78 is 115. The molecule has 10 aliphatic heterocycles. The molecule has 0 saturated carbocycles. The molecule has 10 aliphatic rings. The first-order chi connectivity index (χ1) is 63.7. The summed E-state index contributed by atoms with van der Waals surface area (Å²) in [7, 11) is 0. The molecule has 34 N–H and O–H groups in total. The summed E-state index contributed by atoms with van der Waals surface area (Å²) in [6.07, 6.45) is -100. The number of hydrogen-bond acceptors (Lipinski definition) is 53. The molecule has 135 heavy (non-hydrogen) atoms.